The molecule has 14 heteroatoms. The molecule has 3 fully saturated rings. The van der Waals surface area contributed by atoms with Gasteiger partial charge in [0.25, 0.3) is 5.91 Å². The molecule has 0 heterocycles. The molecule has 0 spiro atoms. The number of esters is 2. The Morgan fingerprint density at radius 1 is 0.667 bits per heavy atom. The SMILES string of the molecule is CCCCCCCCC1C(CCCCCC)CCC(CCCCCCCC(C)(C)NC(=O)CCC=O)C1CCCCCCCNC(=O)NC(=O)C1=CC(C(=O)Oc2ccc(C3CC4CCC4(c4ccc(OC(=O)C5C=CC(C=O)=C(C=O)C5)cc4)C3)cc2)=CCC1C=O. The van der Waals surface area contributed by atoms with Crippen molar-refractivity contribution < 1.29 is 52.6 Å². The summed E-state index contributed by atoms with van der Waals surface area (Å²) in [4.78, 5) is 111. The highest BCUT2D eigenvalue weighted by Crippen LogP contribution is 2.63. The normalized spacial score (nSPS) is 23.3. The quantitative estimate of drug-likeness (QED) is 0.0246. The van der Waals surface area contributed by atoms with Crippen LogP contribution in [0.3, 0.4) is 0 Å². The molecule has 2 aromatic carbocycles. The zero-order valence-corrected chi connectivity index (χ0v) is 56.8. The Balaban J connectivity index is 0.830. The maximum absolute atomic E-state index is 13.5. The summed E-state index contributed by atoms with van der Waals surface area (Å²) < 4.78 is 11.5. The number of nitrogens with one attached hydrogen (secondary N) is 3. The van der Waals surface area contributed by atoms with Gasteiger partial charge in [-0.2, -0.15) is 0 Å². The zero-order chi connectivity index (χ0) is 66.4. The van der Waals surface area contributed by atoms with Crippen molar-refractivity contribution in [2.75, 3.05) is 6.54 Å². The molecule has 7 rings (SSSR count). The van der Waals surface area contributed by atoms with E-state index in [4.69, 9.17) is 9.47 Å². The second kappa shape index (κ2) is 38.7. The fourth-order valence-electron chi connectivity index (χ4n) is 16.1. The molecule has 3 saturated carbocycles. The first-order valence-electron chi connectivity index (χ1n) is 36.3. The van der Waals surface area contributed by atoms with Gasteiger partial charge in [0.2, 0.25) is 5.91 Å². The highest BCUT2D eigenvalue weighted by atomic mass is 16.5. The summed E-state index contributed by atoms with van der Waals surface area (Å²) in [6.45, 7) is 9.19. The molecule has 0 aliphatic heterocycles. The van der Waals surface area contributed by atoms with E-state index in [1.807, 2.05) is 36.4 Å². The molecule has 0 bridgehead atoms. The number of imide groups is 1. The zero-order valence-electron chi connectivity index (χ0n) is 56.8. The number of carbonyl (C=O) groups is 9. The predicted molar refractivity (Wildman–Crippen MR) is 366 cm³/mol. The molecule has 5 aliphatic rings. The average molecular weight is 1280 g/mol. The largest absolute Gasteiger partial charge is 0.426 e. The summed E-state index contributed by atoms with van der Waals surface area (Å²) in [5.74, 6) is 1.42. The summed E-state index contributed by atoms with van der Waals surface area (Å²) in [7, 11) is 0. The van der Waals surface area contributed by atoms with Crippen molar-refractivity contribution in [3.8, 4) is 11.5 Å². The lowest BCUT2D eigenvalue weighted by atomic mass is 9.58. The van der Waals surface area contributed by atoms with Crippen LogP contribution in [0.5, 0.6) is 11.5 Å². The van der Waals surface area contributed by atoms with E-state index in [2.05, 4.69) is 43.6 Å². The van der Waals surface area contributed by atoms with Gasteiger partial charge in [0.15, 0.2) is 0 Å². The van der Waals surface area contributed by atoms with E-state index >= 15 is 0 Å². The summed E-state index contributed by atoms with van der Waals surface area (Å²) in [5, 5.41) is 8.36. The van der Waals surface area contributed by atoms with Gasteiger partial charge >= 0.3 is 18.0 Å². The first-order chi connectivity index (χ1) is 45.1. The summed E-state index contributed by atoms with van der Waals surface area (Å²) in [6.07, 6.45) is 47.4. The third-order valence-electron chi connectivity index (χ3n) is 21.5. The van der Waals surface area contributed by atoms with E-state index in [1.165, 1.54) is 159 Å². The van der Waals surface area contributed by atoms with Crippen molar-refractivity contribution in [2.45, 2.75) is 269 Å². The molecule has 508 valence electrons. The van der Waals surface area contributed by atoms with Crippen LogP contribution >= 0.6 is 0 Å². The van der Waals surface area contributed by atoms with E-state index in [1.54, 1.807) is 24.3 Å². The number of amides is 4. The highest BCUT2D eigenvalue weighted by molar-refractivity contribution is 6.08. The van der Waals surface area contributed by atoms with Gasteiger partial charge in [-0.3, -0.25) is 29.3 Å². The molecule has 14 nitrogen and oxygen atoms in total. The molecule has 9 unspecified atom stereocenters. The Morgan fingerprint density at radius 2 is 1.26 bits per heavy atom. The van der Waals surface area contributed by atoms with Crippen molar-refractivity contribution in [3.05, 3.63) is 106 Å². The molecule has 93 heavy (non-hydrogen) atoms. The maximum Gasteiger partial charge on any atom is 0.343 e. The average Bonchev–Trinajstić information content (AvgIpc) is 1.60. The van der Waals surface area contributed by atoms with Gasteiger partial charge in [-0.25, -0.2) is 9.59 Å². The lowest BCUT2D eigenvalue weighted by Crippen LogP contribution is -2.43. The second-order valence-corrected chi connectivity index (χ2v) is 28.6. The molecule has 0 radical (unpaired) electrons. The Hall–Kier alpha value is -6.57. The molecule has 0 saturated heterocycles. The van der Waals surface area contributed by atoms with E-state index in [0.717, 1.165) is 93.3 Å². The number of urea groups is 1. The van der Waals surface area contributed by atoms with E-state index in [9.17, 15) is 43.2 Å². The fourth-order valence-corrected chi connectivity index (χ4v) is 16.1. The molecule has 5 aliphatic carbocycles. The van der Waals surface area contributed by atoms with Crippen LogP contribution in [0.1, 0.15) is 269 Å². The number of hydrogen-bond acceptors (Lipinski definition) is 11. The summed E-state index contributed by atoms with van der Waals surface area (Å²) in [5.41, 5.74) is 2.83. The summed E-state index contributed by atoms with van der Waals surface area (Å²) >= 11 is 0. The van der Waals surface area contributed by atoms with Gasteiger partial charge in [0.05, 0.1) is 11.5 Å². The number of carbonyl (C=O) groups excluding carboxylic acids is 9. The highest BCUT2D eigenvalue weighted by Gasteiger charge is 2.54. The molecule has 3 N–H and O–H groups in total. The smallest absolute Gasteiger partial charge is 0.343 e. The maximum atomic E-state index is 13.5. The molecule has 9 atom stereocenters. The minimum Gasteiger partial charge on any atom is -0.426 e. The van der Waals surface area contributed by atoms with Crippen molar-refractivity contribution in [1.29, 1.82) is 0 Å². The van der Waals surface area contributed by atoms with Crippen molar-refractivity contribution in [2.24, 2.45) is 41.4 Å². The number of rotatable bonds is 42. The van der Waals surface area contributed by atoms with Crippen LogP contribution in [0.15, 0.2) is 95.1 Å². The lowest BCUT2D eigenvalue weighted by Gasteiger charge is -2.46. The second-order valence-electron chi connectivity index (χ2n) is 28.6. The van der Waals surface area contributed by atoms with Crippen LogP contribution in [-0.4, -0.2) is 67.0 Å². The monoisotopic (exact) mass is 1280 g/mol. The van der Waals surface area contributed by atoms with Crippen molar-refractivity contribution in [1.82, 2.24) is 16.0 Å². The summed E-state index contributed by atoms with van der Waals surface area (Å²) in [6, 6.07) is 14.6. The lowest BCUT2D eigenvalue weighted by molar-refractivity contribution is -0.137. The number of ether oxygens (including phenoxy) is 2. The van der Waals surface area contributed by atoms with Crippen LogP contribution in [-0.2, 0) is 43.8 Å². The minimum atomic E-state index is -0.815. The molecule has 4 amide bonds. The van der Waals surface area contributed by atoms with Gasteiger partial charge in [0, 0.05) is 47.6 Å². The Kier molecular flexibility index (Phi) is 30.7. The van der Waals surface area contributed by atoms with Gasteiger partial charge in [0.1, 0.15) is 36.6 Å². The Labute approximate surface area is 555 Å². The topological polar surface area (TPSA) is 208 Å². The predicted octanol–water partition coefficient (Wildman–Crippen LogP) is 16.8. The Bertz CT molecular complexity index is 2900. The first kappa shape index (κ1) is 73.8. The van der Waals surface area contributed by atoms with Crippen LogP contribution in [0.25, 0.3) is 0 Å². The van der Waals surface area contributed by atoms with Crippen molar-refractivity contribution >= 4 is 54.9 Å². The van der Waals surface area contributed by atoms with E-state index < -0.39 is 35.7 Å². The first-order valence-corrected chi connectivity index (χ1v) is 36.3. The number of allylic oxidation sites excluding steroid dienone is 4. The van der Waals surface area contributed by atoms with E-state index in [0.29, 0.717) is 48.7 Å². The van der Waals surface area contributed by atoms with Gasteiger partial charge < -0.3 is 29.7 Å². The number of hydrogen-bond donors (Lipinski definition) is 3. The third-order valence-corrected chi connectivity index (χ3v) is 21.5. The van der Waals surface area contributed by atoms with Gasteiger partial charge in [-0.05, 0) is 173 Å². The molecular weight excluding hydrogens is 1170 g/mol. The number of aldehydes is 4. The van der Waals surface area contributed by atoms with Crippen LogP contribution in [0.4, 0.5) is 4.79 Å². The number of unbranched alkanes of at least 4 members (excludes halogenated alkanes) is 16. The van der Waals surface area contributed by atoms with Crippen LogP contribution in [0.2, 0.25) is 0 Å². The van der Waals surface area contributed by atoms with Gasteiger partial charge in [-0.1, -0.05) is 191 Å². The number of benzene rings is 2. The Morgan fingerprint density at radius 3 is 1.86 bits per heavy atom. The van der Waals surface area contributed by atoms with Gasteiger partial charge in [-0.15, -0.1) is 0 Å². The van der Waals surface area contributed by atoms with Crippen molar-refractivity contribution in [3.63, 3.8) is 0 Å². The molecular formula is C79H111N3O11. The van der Waals surface area contributed by atoms with E-state index in [-0.39, 0.29) is 64.8 Å². The third kappa shape index (κ3) is 22.5. The minimum absolute atomic E-state index is 0.00595. The molecule has 2 aromatic rings. The number of fused-ring (bicyclic) bond motifs is 1. The van der Waals surface area contributed by atoms with Crippen LogP contribution in [0, 0.1) is 41.4 Å². The fraction of sp³-hybridized carbons (Fsp3) is 0.633. The molecule has 0 aromatic heterocycles. The van der Waals surface area contributed by atoms with Crippen LogP contribution < -0.4 is 25.4 Å². The standard InChI is InChI=1S/C79H111N3O11/c1-5-7-9-11-15-21-28-70-58(26-19-10-8-6-2)31-32-59(27-20-14-12-17-23-46-78(3,4)82-73(87)30-25-49-83)71(70)29-22-16-13-18-24-48-80-77(91)81-74(88)72-52-61(34-36-63(72)55-85)76(90)92-68-41-37-57(38-42-68)64-51-67-45-47-79(67,53-64)66-39-43-69(44-40-66)93-75(89)60-33-35-62(54-84)65(50-60)56-86/h33-35,37-44,49,52,54-56,58-60,63-64,67,70-71H,5-32,36,45-48,50-51,53H2,1-4H3,(H,82,87)(H2,80,81,88,91).